The lowest BCUT2D eigenvalue weighted by atomic mass is 10.1. The molecule has 0 spiro atoms. The Kier molecular flexibility index (Phi) is 6.79. The van der Waals surface area contributed by atoms with E-state index in [9.17, 15) is 4.79 Å². The molecule has 4 N–H and O–H groups in total. The van der Waals surface area contributed by atoms with E-state index in [1.807, 2.05) is 19.1 Å². The fourth-order valence-electron chi connectivity index (χ4n) is 1.80. The van der Waals surface area contributed by atoms with Crippen LogP contribution in [0.4, 0.5) is 11.4 Å². The van der Waals surface area contributed by atoms with Crippen molar-refractivity contribution in [3.63, 3.8) is 0 Å². The Hall–Kier alpha value is -1.71. The van der Waals surface area contributed by atoms with Crippen LogP contribution in [0, 0.1) is 0 Å². The van der Waals surface area contributed by atoms with Crippen molar-refractivity contribution in [1.29, 1.82) is 0 Å². The summed E-state index contributed by atoms with van der Waals surface area (Å²) >= 11 is 0. The van der Waals surface area contributed by atoms with Crippen molar-refractivity contribution < 1.29 is 4.79 Å². The summed E-state index contributed by atoms with van der Waals surface area (Å²) < 4.78 is 0. The molecule has 1 aromatic carbocycles. The number of hydrogen-bond acceptors (Lipinski definition) is 3. The van der Waals surface area contributed by atoms with E-state index in [2.05, 4.69) is 17.6 Å². The first-order valence-electron chi connectivity index (χ1n) is 7.10. The Morgan fingerprint density at radius 1 is 1.16 bits per heavy atom. The Bertz CT molecular complexity index is 404. The minimum atomic E-state index is -0.0638. The predicted octanol–water partition coefficient (Wildman–Crippen LogP) is 3.01. The summed E-state index contributed by atoms with van der Waals surface area (Å²) in [4.78, 5) is 11.8. The number of anilines is 2. The zero-order chi connectivity index (χ0) is 14.1. The SMILES string of the molecule is CCCCCNc1ccc(C(=O)NCCC)cc1N. The highest BCUT2D eigenvalue weighted by molar-refractivity contribution is 5.96. The van der Waals surface area contributed by atoms with Gasteiger partial charge in [0.1, 0.15) is 0 Å². The van der Waals surface area contributed by atoms with E-state index in [1.54, 1.807) is 6.07 Å². The number of hydrogen-bond donors (Lipinski definition) is 3. The van der Waals surface area contributed by atoms with Crippen LogP contribution in [0.5, 0.6) is 0 Å². The molecule has 0 bridgehead atoms. The van der Waals surface area contributed by atoms with E-state index in [0.29, 0.717) is 17.8 Å². The number of benzene rings is 1. The van der Waals surface area contributed by atoms with Crippen molar-refractivity contribution in [3.8, 4) is 0 Å². The van der Waals surface area contributed by atoms with E-state index in [4.69, 9.17) is 5.73 Å². The standard InChI is InChI=1S/C15H25N3O/c1-3-5-6-10-17-14-8-7-12(11-13(14)16)15(19)18-9-4-2/h7-8,11,17H,3-6,9-10,16H2,1-2H3,(H,18,19). The minimum Gasteiger partial charge on any atom is -0.397 e. The summed E-state index contributed by atoms with van der Waals surface area (Å²) in [7, 11) is 0. The normalized spacial score (nSPS) is 10.2. The van der Waals surface area contributed by atoms with Gasteiger partial charge in [0.05, 0.1) is 11.4 Å². The van der Waals surface area contributed by atoms with Crippen molar-refractivity contribution in [3.05, 3.63) is 23.8 Å². The monoisotopic (exact) mass is 263 g/mol. The summed E-state index contributed by atoms with van der Waals surface area (Å²) in [5.74, 6) is -0.0638. The maximum absolute atomic E-state index is 11.8. The van der Waals surface area contributed by atoms with Crippen molar-refractivity contribution in [2.45, 2.75) is 39.5 Å². The van der Waals surface area contributed by atoms with E-state index < -0.39 is 0 Å². The highest BCUT2D eigenvalue weighted by atomic mass is 16.1. The molecule has 106 valence electrons. The van der Waals surface area contributed by atoms with Crippen LogP contribution in [0.1, 0.15) is 49.9 Å². The number of amides is 1. The van der Waals surface area contributed by atoms with Gasteiger partial charge in [0.15, 0.2) is 0 Å². The molecular weight excluding hydrogens is 238 g/mol. The lowest BCUT2D eigenvalue weighted by Crippen LogP contribution is -2.24. The molecule has 4 nitrogen and oxygen atoms in total. The summed E-state index contributed by atoms with van der Waals surface area (Å²) in [5, 5.41) is 6.14. The summed E-state index contributed by atoms with van der Waals surface area (Å²) in [6.45, 7) is 5.81. The second-order valence-corrected chi connectivity index (χ2v) is 4.69. The first kappa shape index (κ1) is 15.3. The Morgan fingerprint density at radius 3 is 2.58 bits per heavy atom. The largest absolute Gasteiger partial charge is 0.397 e. The van der Waals surface area contributed by atoms with Gasteiger partial charge in [0.2, 0.25) is 0 Å². The third kappa shape index (κ3) is 5.20. The van der Waals surface area contributed by atoms with Crippen molar-refractivity contribution in [1.82, 2.24) is 5.32 Å². The molecule has 0 heterocycles. The average molecular weight is 263 g/mol. The molecule has 1 amide bonds. The van der Waals surface area contributed by atoms with Gasteiger partial charge in [0.25, 0.3) is 5.91 Å². The van der Waals surface area contributed by atoms with Crippen LogP contribution in [0.3, 0.4) is 0 Å². The van der Waals surface area contributed by atoms with Gasteiger partial charge >= 0.3 is 0 Å². The van der Waals surface area contributed by atoms with Crippen molar-refractivity contribution in [2.24, 2.45) is 0 Å². The van der Waals surface area contributed by atoms with Gasteiger partial charge in [-0.05, 0) is 31.0 Å². The Balaban J connectivity index is 2.56. The average Bonchev–Trinajstić information content (AvgIpc) is 2.42. The molecule has 0 atom stereocenters. The van der Waals surface area contributed by atoms with Gasteiger partial charge in [-0.2, -0.15) is 0 Å². The second-order valence-electron chi connectivity index (χ2n) is 4.69. The van der Waals surface area contributed by atoms with Crippen LogP contribution >= 0.6 is 0 Å². The lowest BCUT2D eigenvalue weighted by molar-refractivity contribution is 0.0953. The topological polar surface area (TPSA) is 67.2 Å². The van der Waals surface area contributed by atoms with E-state index in [-0.39, 0.29) is 5.91 Å². The van der Waals surface area contributed by atoms with Crippen LogP contribution < -0.4 is 16.4 Å². The van der Waals surface area contributed by atoms with Gasteiger partial charge in [-0.25, -0.2) is 0 Å². The molecule has 4 heteroatoms. The number of carbonyl (C=O) groups excluding carboxylic acids is 1. The molecule has 0 unspecified atom stereocenters. The summed E-state index contributed by atoms with van der Waals surface area (Å²) in [6.07, 6.45) is 4.48. The van der Waals surface area contributed by atoms with Gasteiger partial charge in [-0.1, -0.05) is 26.7 Å². The lowest BCUT2D eigenvalue weighted by Gasteiger charge is -2.11. The van der Waals surface area contributed by atoms with Gasteiger partial charge < -0.3 is 16.4 Å². The van der Waals surface area contributed by atoms with Crippen LogP contribution in [0.25, 0.3) is 0 Å². The Labute approximate surface area is 115 Å². The van der Waals surface area contributed by atoms with Gasteiger partial charge in [0, 0.05) is 18.7 Å². The third-order valence-electron chi connectivity index (χ3n) is 2.95. The molecule has 0 aliphatic rings. The predicted molar refractivity (Wildman–Crippen MR) is 81.5 cm³/mol. The minimum absolute atomic E-state index is 0.0638. The third-order valence-corrected chi connectivity index (χ3v) is 2.95. The molecule has 0 radical (unpaired) electrons. The molecule has 0 aliphatic heterocycles. The second kappa shape index (κ2) is 8.40. The zero-order valence-electron chi connectivity index (χ0n) is 12.0. The zero-order valence-corrected chi connectivity index (χ0v) is 12.0. The number of nitrogens with two attached hydrogens (primary N) is 1. The highest BCUT2D eigenvalue weighted by Crippen LogP contribution is 2.20. The molecule has 0 aliphatic carbocycles. The number of carbonyl (C=O) groups is 1. The maximum atomic E-state index is 11.8. The van der Waals surface area contributed by atoms with E-state index in [0.717, 1.165) is 25.1 Å². The first-order chi connectivity index (χ1) is 9.19. The first-order valence-corrected chi connectivity index (χ1v) is 7.10. The number of nitrogen functional groups attached to an aromatic ring is 1. The van der Waals surface area contributed by atoms with Gasteiger partial charge in [-0.3, -0.25) is 4.79 Å². The van der Waals surface area contributed by atoms with E-state index in [1.165, 1.54) is 12.8 Å². The summed E-state index contributed by atoms with van der Waals surface area (Å²) in [6, 6.07) is 5.42. The number of nitrogens with one attached hydrogen (secondary N) is 2. The Morgan fingerprint density at radius 2 is 1.95 bits per heavy atom. The van der Waals surface area contributed by atoms with Crippen LogP contribution in [0.15, 0.2) is 18.2 Å². The number of rotatable bonds is 8. The van der Waals surface area contributed by atoms with Crippen LogP contribution in [0.2, 0.25) is 0 Å². The number of unbranched alkanes of at least 4 members (excludes halogenated alkanes) is 2. The van der Waals surface area contributed by atoms with Crippen molar-refractivity contribution >= 4 is 17.3 Å². The van der Waals surface area contributed by atoms with E-state index >= 15 is 0 Å². The quantitative estimate of drug-likeness (QED) is 0.499. The molecular formula is C15H25N3O. The fraction of sp³-hybridized carbons (Fsp3) is 0.533. The smallest absolute Gasteiger partial charge is 0.251 e. The molecule has 0 saturated carbocycles. The molecule has 19 heavy (non-hydrogen) atoms. The van der Waals surface area contributed by atoms with Gasteiger partial charge in [-0.15, -0.1) is 0 Å². The maximum Gasteiger partial charge on any atom is 0.251 e. The van der Waals surface area contributed by atoms with Crippen LogP contribution in [-0.4, -0.2) is 19.0 Å². The molecule has 0 saturated heterocycles. The van der Waals surface area contributed by atoms with Crippen molar-refractivity contribution in [2.75, 3.05) is 24.1 Å². The molecule has 1 aromatic rings. The highest BCUT2D eigenvalue weighted by Gasteiger charge is 2.07. The van der Waals surface area contributed by atoms with Crippen LogP contribution in [-0.2, 0) is 0 Å². The summed E-state index contributed by atoms with van der Waals surface area (Å²) in [5.41, 5.74) is 8.11. The molecule has 0 fully saturated rings. The molecule has 0 aromatic heterocycles. The molecule has 1 rings (SSSR count). The fourth-order valence-corrected chi connectivity index (χ4v) is 1.80.